The molecule has 0 saturated heterocycles. The maximum absolute atomic E-state index is 13.1. The minimum atomic E-state index is -3.90. The zero-order valence-corrected chi connectivity index (χ0v) is 14.8. The second-order valence-corrected chi connectivity index (χ2v) is 7.19. The summed E-state index contributed by atoms with van der Waals surface area (Å²) in [6.07, 6.45) is 0. The van der Waals surface area contributed by atoms with Gasteiger partial charge in [0.15, 0.2) is 0 Å². The van der Waals surface area contributed by atoms with Crippen LogP contribution in [0.1, 0.15) is 19.4 Å². The van der Waals surface area contributed by atoms with Crippen LogP contribution in [0.2, 0.25) is 0 Å². The van der Waals surface area contributed by atoms with Crippen LogP contribution >= 0.6 is 0 Å². The summed E-state index contributed by atoms with van der Waals surface area (Å²) in [4.78, 5) is 12.3. The molecule has 2 rings (SSSR count). The summed E-state index contributed by atoms with van der Waals surface area (Å²) in [5, 5.41) is 0. The average molecular weight is 347 g/mol. The molecule has 2 aromatic carbocycles. The van der Waals surface area contributed by atoms with Gasteiger partial charge in [-0.2, -0.15) is 0 Å². The normalized spacial score (nSPS) is 12.5. The zero-order chi connectivity index (χ0) is 17.7. The molecule has 2 aromatic rings. The molecule has 0 bridgehead atoms. The summed E-state index contributed by atoms with van der Waals surface area (Å²) >= 11 is 0. The van der Waals surface area contributed by atoms with E-state index in [1.807, 2.05) is 6.92 Å². The third kappa shape index (κ3) is 3.76. The number of nitrogens with zero attached hydrogens (tertiary/aromatic N) is 1. The Balaban J connectivity index is 2.53. The Labute approximate surface area is 142 Å². The third-order valence-corrected chi connectivity index (χ3v) is 5.48. The monoisotopic (exact) mass is 347 g/mol. The van der Waals surface area contributed by atoms with Crippen molar-refractivity contribution in [2.75, 3.05) is 10.9 Å². The van der Waals surface area contributed by atoms with Crippen molar-refractivity contribution >= 4 is 21.7 Å². The number of para-hydroxylation sites is 1. The quantitative estimate of drug-likeness (QED) is 0.753. The maximum Gasteiger partial charge on any atom is 0.329 e. The van der Waals surface area contributed by atoms with Crippen LogP contribution in [0.3, 0.4) is 0 Å². The molecule has 128 valence electrons. The van der Waals surface area contributed by atoms with Gasteiger partial charge < -0.3 is 4.74 Å². The predicted molar refractivity (Wildman–Crippen MR) is 93.4 cm³/mol. The second kappa shape index (κ2) is 7.49. The number of ether oxygens (including phenoxy) is 1. The topological polar surface area (TPSA) is 63.7 Å². The first kappa shape index (κ1) is 18.0. The standard InChI is InChI=1S/C18H21NO4S/c1-4-23-18(20)15(3)19(16-8-6-5-7-9-16)24(21,22)17-12-10-14(2)11-13-17/h5-13,15H,4H2,1-3H3/t15-/m1/s1. The molecule has 0 N–H and O–H groups in total. The number of benzene rings is 2. The second-order valence-electron chi connectivity index (χ2n) is 5.38. The smallest absolute Gasteiger partial charge is 0.329 e. The molecule has 0 radical (unpaired) electrons. The summed E-state index contributed by atoms with van der Waals surface area (Å²) in [5.41, 5.74) is 1.37. The van der Waals surface area contributed by atoms with E-state index in [1.54, 1.807) is 61.5 Å². The molecule has 0 spiro atoms. The molecule has 24 heavy (non-hydrogen) atoms. The third-order valence-electron chi connectivity index (χ3n) is 3.57. The first-order valence-corrected chi connectivity index (χ1v) is 9.14. The van der Waals surface area contributed by atoms with Crippen LogP contribution < -0.4 is 4.31 Å². The lowest BCUT2D eigenvalue weighted by Crippen LogP contribution is -2.44. The van der Waals surface area contributed by atoms with Crippen LogP contribution in [0.5, 0.6) is 0 Å². The summed E-state index contributed by atoms with van der Waals surface area (Å²) in [7, 11) is -3.90. The zero-order valence-electron chi connectivity index (χ0n) is 14.0. The van der Waals surface area contributed by atoms with Gasteiger partial charge in [0.2, 0.25) is 0 Å². The highest BCUT2D eigenvalue weighted by Crippen LogP contribution is 2.26. The molecule has 0 amide bonds. The van der Waals surface area contributed by atoms with Crippen LogP contribution in [0, 0.1) is 6.92 Å². The Morgan fingerprint density at radius 2 is 1.67 bits per heavy atom. The Morgan fingerprint density at radius 1 is 1.08 bits per heavy atom. The highest BCUT2D eigenvalue weighted by molar-refractivity contribution is 7.92. The maximum atomic E-state index is 13.1. The first-order valence-electron chi connectivity index (χ1n) is 7.70. The Morgan fingerprint density at radius 3 is 2.21 bits per heavy atom. The average Bonchev–Trinajstić information content (AvgIpc) is 2.56. The minimum Gasteiger partial charge on any atom is -0.464 e. The molecule has 0 saturated carbocycles. The molecule has 5 nitrogen and oxygen atoms in total. The van der Waals surface area contributed by atoms with Crippen molar-refractivity contribution in [1.29, 1.82) is 0 Å². The van der Waals surface area contributed by atoms with Crippen molar-refractivity contribution in [2.45, 2.75) is 31.7 Å². The van der Waals surface area contributed by atoms with Gasteiger partial charge in [-0.1, -0.05) is 35.9 Å². The van der Waals surface area contributed by atoms with Crippen molar-refractivity contribution in [2.24, 2.45) is 0 Å². The van der Waals surface area contributed by atoms with Crippen molar-refractivity contribution < 1.29 is 17.9 Å². The fraction of sp³-hybridized carbons (Fsp3) is 0.278. The lowest BCUT2D eigenvalue weighted by molar-refractivity contribution is -0.144. The van der Waals surface area contributed by atoms with Crippen LogP contribution in [-0.4, -0.2) is 27.0 Å². The van der Waals surface area contributed by atoms with Gasteiger partial charge in [-0.25, -0.2) is 13.2 Å². The van der Waals surface area contributed by atoms with Crippen LogP contribution in [0.4, 0.5) is 5.69 Å². The highest BCUT2D eigenvalue weighted by atomic mass is 32.2. The van der Waals surface area contributed by atoms with E-state index in [9.17, 15) is 13.2 Å². The van der Waals surface area contributed by atoms with Crippen LogP contribution in [0.15, 0.2) is 59.5 Å². The van der Waals surface area contributed by atoms with Crippen molar-refractivity contribution in [3.63, 3.8) is 0 Å². The highest BCUT2D eigenvalue weighted by Gasteiger charge is 2.34. The van der Waals surface area contributed by atoms with Gasteiger partial charge in [0.1, 0.15) is 6.04 Å². The number of aryl methyl sites for hydroxylation is 1. The minimum absolute atomic E-state index is 0.133. The van der Waals surface area contributed by atoms with Crippen molar-refractivity contribution in [3.05, 3.63) is 60.2 Å². The number of carbonyl (C=O) groups excluding carboxylic acids is 1. The van der Waals surface area contributed by atoms with Gasteiger partial charge in [-0.3, -0.25) is 4.31 Å². The summed E-state index contributed by atoms with van der Waals surface area (Å²) < 4.78 is 32.3. The molecule has 0 fully saturated rings. The summed E-state index contributed by atoms with van der Waals surface area (Å²) in [6.45, 7) is 5.28. The predicted octanol–water partition coefficient (Wildman–Crippen LogP) is 3.14. The lowest BCUT2D eigenvalue weighted by Gasteiger charge is -2.29. The van der Waals surface area contributed by atoms with Gasteiger partial charge in [-0.05, 0) is 45.0 Å². The van der Waals surface area contributed by atoms with Gasteiger partial charge in [0, 0.05) is 0 Å². The van der Waals surface area contributed by atoms with Crippen molar-refractivity contribution in [1.82, 2.24) is 0 Å². The SMILES string of the molecule is CCOC(=O)[C@@H](C)N(c1ccccc1)S(=O)(=O)c1ccc(C)cc1. The number of hydrogen-bond donors (Lipinski definition) is 0. The number of hydrogen-bond acceptors (Lipinski definition) is 4. The molecule has 0 heterocycles. The van der Waals surface area contributed by atoms with Gasteiger partial charge in [0.25, 0.3) is 10.0 Å². The number of anilines is 1. The molecule has 6 heteroatoms. The number of rotatable bonds is 6. The fourth-order valence-corrected chi connectivity index (χ4v) is 3.94. The van der Waals surface area contributed by atoms with E-state index in [-0.39, 0.29) is 11.5 Å². The van der Waals surface area contributed by atoms with E-state index in [0.717, 1.165) is 9.87 Å². The van der Waals surface area contributed by atoms with Crippen molar-refractivity contribution in [3.8, 4) is 0 Å². The number of esters is 1. The molecule has 1 atom stereocenters. The molecule has 0 aliphatic carbocycles. The molecule has 0 aliphatic heterocycles. The van der Waals surface area contributed by atoms with E-state index in [4.69, 9.17) is 4.74 Å². The van der Waals surface area contributed by atoms with E-state index < -0.39 is 22.0 Å². The molecular weight excluding hydrogens is 326 g/mol. The van der Waals surface area contributed by atoms with E-state index in [2.05, 4.69) is 0 Å². The Hall–Kier alpha value is -2.34. The molecule has 0 aliphatic rings. The van der Waals surface area contributed by atoms with Crippen LogP contribution in [-0.2, 0) is 19.6 Å². The largest absolute Gasteiger partial charge is 0.464 e. The van der Waals surface area contributed by atoms with Gasteiger partial charge in [0.05, 0.1) is 17.2 Å². The lowest BCUT2D eigenvalue weighted by atomic mass is 10.2. The van der Waals surface area contributed by atoms with Gasteiger partial charge >= 0.3 is 5.97 Å². The Bertz CT molecular complexity index is 786. The Kier molecular flexibility index (Phi) is 5.62. The van der Waals surface area contributed by atoms with Gasteiger partial charge in [-0.15, -0.1) is 0 Å². The molecular formula is C18H21NO4S. The summed E-state index contributed by atoms with van der Waals surface area (Å²) in [6, 6.07) is 14.1. The molecule has 0 aromatic heterocycles. The van der Waals surface area contributed by atoms with E-state index >= 15 is 0 Å². The van der Waals surface area contributed by atoms with E-state index in [0.29, 0.717) is 5.69 Å². The summed E-state index contributed by atoms with van der Waals surface area (Å²) in [5.74, 6) is -0.586. The van der Waals surface area contributed by atoms with E-state index in [1.165, 1.54) is 6.92 Å². The fourth-order valence-electron chi connectivity index (χ4n) is 2.33. The first-order chi connectivity index (χ1) is 11.4. The molecule has 0 unspecified atom stereocenters. The number of carbonyl (C=O) groups is 1. The van der Waals surface area contributed by atoms with Crippen LogP contribution in [0.25, 0.3) is 0 Å². The number of sulfonamides is 1.